The summed E-state index contributed by atoms with van der Waals surface area (Å²) in [5, 5.41) is 9.31. The number of aliphatic hydroxyl groups is 1. The molecule has 0 radical (unpaired) electrons. The lowest BCUT2D eigenvalue weighted by Crippen LogP contribution is -2.39. The monoisotopic (exact) mass is 381 g/mol. The van der Waals surface area contributed by atoms with E-state index >= 15 is 0 Å². The third-order valence-corrected chi connectivity index (χ3v) is 5.15. The maximum atomic E-state index is 13.1. The predicted molar refractivity (Wildman–Crippen MR) is 107 cm³/mol. The van der Waals surface area contributed by atoms with E-state index < -0.39 is 0 Å². The molecule has 0 aliphatic heterocycles. The minimum absolute atomic E-state index is 0.0307. The lowest BCUT2D eigenvalue weighted by Gasteiger charge is -2.08. The summed E-state index contributed by atoms with van der Waals surface area (Å²) in [7, 11) is 1.63. The highest BCUT2D eigenvalue weighted by Crippen LogP contribution is 2.16. The number of nitrogens with zero attached hydrogens (tertiary/aromatic N) is 5. The van der Waals surface area contributed by atoms with Crippen LogP contribution in [0.25, 0.3) is 16.9 Å². The van der Waals surface area contributed by atoms with Crippen molar-refractivity contribution in [3.63, 3.8) is 0 Å². The third kappa shape index (κ3) is 2.86. The van der Waals surface area contributed by atoms with Crippen LogP contribution in [0.3, 0.4) is 0 Å². The van der Waals surface area contributed by atoms with Crippen molar-refractivity contribution in [1.29, 1.82) is 0 Å². The van der Waals surface area contributed by atoms with E-state index in [2.05, 4.69) is 4.98 Å². The highest BCUT2D eigenvalue weighted by atomic mass is 16.3. The third-order valence-electron chi connectivity index (χ3n) is 5.15. The molecule has 0 spiro atoms. The molecule has 0 bridgehead atoms. The fourth-order valence-corrected chi connectivity index (χ4v) is 3.71. The molecule has 0 saturated carbocycles. The van der Waals surface area contributed by atoms with E-state index in [1.807, 2.05) is 48.0 Å². The molecule has 0 aliphatic carbocycles. The van der Waals surface area contributed by atoms with Crippen molar-refractivity contribution in [2.45, 2.75) is 32.9 Å². The molecule has 28 heavy (non-hydrogen) atoms. The molecule has 1 N–H and O–H groups in total. The molecule has 8 nitrogen and oxygen atoms in total. The molecule has 8 heteroatoms. The number of benzene rings is 1. The molecular formula is C20H23N5O3. The van der Waals surface area contributed by atoms with Gasteiger partial charge in [-0.2, -0.15) is 4.98 Å². The van der Waals surface area contributed by atoms with Gasteiger partial charge in [0.1, 0.15) is 0 Å². The number of rotatable bonds is 6. The van der Waals surface area contributed by atoms with Crippen molar-refractivity contribution in [1.82, 2.24) is 23.1 Å². The van der Waals surface area contributed by atoms with E-state index in [4.69, 9.17) is 0 Å². The van der Waals surface area contributed by atoms with E-state index in [9.17, 15) is 14.7 Å². The number of hydrogen-bond acceptors (Lipinski definition) is 4. The number of aliphatic hydroxyl groups excluding tert-OH is 1. The zero-order valence-corrected chi connectivity index (χ0v) is 16.0. The Kier molecular flexibility index (Phi) is 4.64. The van der Waals surface area contributed by atoms with Gasteiger partial charge < -0.3 is 9.67 Å². The number of fused-ring (bicyclic) bond motifs is 3. The average molecular weight is 381 g/mol. The fourth-order valence-electron chi connectivity index (χ4n) is 3.71. The SMILES string of the molecule is Cc1cn2c3c(=O)n(CCCc4ccccc4)c(=O)n(C)c3nc2n1CCO. The smallest absolute Gasteiger partial charge is 0.332 e. The Balaban J connectivity index is 1.79. The molecule has 146 valence electrons. The summed E-state index contributed by atoms with van der Waals surface area (Å²) in [5.41, 5.74) is 2.11. The van der Waals surface area contributed by atoms with E-state index in [0.717, 1.165) is 12.1 Å². The van der Waals surface area contributed by atoms with Gasteiger partial charge in [-0.05, 0) is 25.3 Å². The molecule has 0 unspecified atom stereocenters. The fraction of sp³-hybridized carbons (Fsp3) is 0.350. The van der Waals surface area contributed by atoms with Crippen molar-refractivity contribution in [3.05, 3.63) is 68.6 Å². The van der Waals surface area contributed by atoms with Crippen LogP contribution in [0.15, 0.2) is 46.1 Å². The van der Waals surface area contributed by atoms with Gasteiger partial charge in [0, 0.05) is 32.0 Å². The highest BCUT2D eigenvalue weighted by molar-refractivity contribution is 5.75. The Bertz CT molecular complexity index is 1260. The molecular weight excluding hydrogens is 358 g/mol. The van der Waals surface area contributed by atoms with Gasteiger partial charge in [0.25, 0.3) is 5.56 Å². The van der Waals surface area contributed by atoms with Crippen LogP contribution < -0.4 is 11.2 Å². The summed E-state index contributed by atoms with van der Waals surface area (Å²) < 4.78 is 6.27. The summed E-state index contributed by atoms with van der Waals surface area (Å²) in [5.74, 6) is 0.552. The van der Waals surface area contributed by atoms with Crippen molar-refractivity contribution in [2.24, 2.45) is 7.05 Å². The maximum Gasteiger partial charge on any atom is 0.332 e. The largest absolute Gasteiger partial charge is 0.395 e. The Morgan fingerprint density at radius 1 is 1.07 bits per heavy atom. The standard InChI is InChI=1S/C20H23N5O3/c1-14-13-25-16-17(21-19(25)23(14)11-12-26)22(2)20(28)24(18(16)27)10-6-9-15-7-4-3-5-8-15/h3-5,7-8,13,26H,6,9-12H2,1-2H3. The average Bonchev–Trinajstić information content (AvgIpc) is 3.20. The maximum absolute atomic E-state index is 13.1. The number of imidazole rings is 2. The quantitative estimate of drug-likeness (QED) is 0.542. The first-order chi connectivity index (χ1) is 13.5. The summed E-state index contributed by atoms with van der Waals surface area (Å²) in [6.07, 6.45) is 3.31. The number of hydrogen-bond donors (Lipinski definition) is 1. The second-order valence-corrected chi connectivity index (χ2v) is 6.99. The molecule has 0 amide bonds. The van der Waals surface area contributed by atoms with Crippen LogP contribution in [0.4, 0.5) is 0 Å². The second-order valence-electron chi connectivity index (χ2n) is 6.99. The Morgan fingerprint density at radius 2 is 1.82 bits per heavy atom. The van der Waals surface area contributed by atoms with Gasteiger partial charge in [0.15, 0.2) is 11.2 Å². The van der Waals surface area contributed by atoms with Gasteiger partial charge in [0.2, 0.25) is 5.78 Å². The first-order valence-electron chi connectivity index (χ1n) is 9.35. The Morgan fingerprint density at radius 3 is 2.54 bits per heavy atom. The van der Waals surface area contributed by atoms with Crippen LogP contribution in [-0.4, -0.2) is 34.8 Å². The van der Waals surface area contributed by atoms with Crippen LogP contribution in [-0.2, 0) is 26.6 Å². The van der Waals surface area contributed by atoms with E-state index in [1.54, 1.807) is 11.4 Å². The molecule has 3 aromatic heterocycles. The highest BCUT2D eigenvalue weighted by Gasteiger charge is 2.19. The van der Waals surface area contributed by atoms with Crippen LogP contribution in [0.5, 0.6) is 0 Å². The minimum Gasteiger partial charge on any atom is -0.395 e. The Labute approximate surface area is 160 Å². The molecule has 0 atom stereocenters. The molecule has 0 saturated heterocycles. The molecule has 4 aromatic rings. The van der Waals surface area contributed by atoms with Crippen molar-refractivity contribution >= 4 is 16.9 Å². The first-order valence-corrected chi connectivity index (χ1v) is 9.35. The normalized spacial score (nSPS) is 11.7. The predicted octanol–water partition coefficient (Wildman–Crippen LogP) is 1.08. The minimum atomic E-state index is -0.364. The molecule has 0 fully saturated rings. The van der Waals surface area contributed by atoms with Crippen LogP contribution in [0.1, 0.15) is 17.7 Å². The summed E-state index contributed by atoms with van der Waals surface area (Å²) in [4.78, 5) is 30.4. The number of aryl methyl sites for hydroxylation is 3. The summed E-state index contributed by atoms with van der Waals surface area (Å²) >= 11 is 0. The van der Waals surface area contributed by atoms with E-state index in [-0.39, 0.29) is 17.9 Å². The molecule has 3 heterocycles. The van der Waals surface area contributed by atoms with Gasteiger partial charge in [0.05, 0.1) is 6.61 Å². The van der Waals surface area contributed by atoms with E-state index in [1.165, 1.54) is 14.7 Å². The van der Waals surface area contributed by atoms with Gasteiger partial charge in [-0.15, -0.1) is 0 Å². The number of aromatic nitrogens is 5. The van der Waals surface area contributed by atoms with Crippen molar-refractivity contribution in [3.8, 4) is 0 Å². The lowest BCUT2D eigenvalue weighted by molar-refractivity contribution is 0.276. The van der Waals surface area contributed by atoms with Gasteiger partial charge in [-0.25, -0.2) is 4.79 Å². The zero-order valence-electron chi connectivity index (χ0n) is 16.0. The Hall–Kier alpha value is -3.13. The van der Waals surface area contributed by atoms with Crippen LogP contribution >= 0.6 is 0 Å². The molecule has 1 aromatic carbocycles. The van der Waals surface area contributed by atoms with Gasteiger partial charge in [-0.1, -0.05) is 30.3 Å². The first kappa shape index (κ1) is 18.2. The van der Waals surface area contributed by atoms with Crippen molar-refractivity contribution < 1.29 is 5.11 Å². The van der Waals surface area contributed by atoms with Gasteiger partial charge >= 0.3 is 5.69 Å². The topological polar surface area (TPSA) is 86.5 Å². The lowest BCUT2D eigenvalue weighted by atomic mass is 10.1. The van der Waals surface area contributed by atoms with Crippen LogP contribution in [0, 0.1) is 6.92 Å². The van der Waals surface area contributed by atoms with Crippen molar-refractivity contribution in [2.75, 3.05) is 6.61 Å². The molecule has 0 aliphatic rings. The zero-order chi connectivity index (χ0) is 19.8. The van der Waals surface area contributed by atoms with E-state index in [0.29, 0.717) is 36.5 Å². The van der Waals surface area contributed by atoms with Crippen LogP contribution in [0.2, 0.25) is 0 Å². The second kappa shape index (κ2) is 7.12. The molecule has 4 rings (SSSR count). The summed E-state index contributed by atoms with van der Waals surface area (Å²) in [6.45, 7) is 2.60. The van der Waals surface area contributed by atoms with Gasteiger partial charge in [-0.3, -0.25) is 18.3 Å². The summed E-state index contributed by atoms with van der Waals surface area (Å²) in [6, 6.07) is 10.0.